The minimum absolute atomic E-state index is 0.224. The SMILES string of the molecule is COc1ccc(C(CC(=O)O)NC(=O)CC(C)(C)c2ccccc2)c(OC)c1. The van der Waals surface area contributed by atoms with Gasteiger partial charge in [-0.05, 0) is 23.1 Å². The van der Waals surface area contributed by atoms with E-state index in [0.29, 0.717) is 17.1 Å². The number of carbonyl (C=O) groups is 2. The Kier molecular flexibility index (Phi) is 7.04. The van der Waals surface area contributed by atoms with E-state index in [4.69, 9.17) is 9.47 Å². The summed E-state index contributed by atoms with van der Waals surface area (Å²) in [6, 6.07) is 14.2. The molecule has 28 heavy (non-hydrogen) atoms. The van der Waals surface area contributed by atoms with Gasteiger partial charge in [0.2, 0.25) is 5.91 Å². The molecule has 150 valence electrons. The number of methoxy groups -OCH3 is 2. The number of hydrogen-bond donors (Lipinski definition) is 2. The lowest BCUT2D eigenvalue weighted by Crippen LogP contribution is -2.34. The van der Waals surface area contributed by atoms with Gasteiger partial charge in [-0.15, -0.1) is 0 Å². The van der Waals surface area contributed by atoms with Crippen LogP contribution in [0.2, 0.25) is 0 Å². The Balaban J connectivity index is 2.22. The Hall–Kier alpha value is -3.02. The van der Waals surface area contributed by atoms with Crippen molar-refractivity contribution >= 4 is 11.9 Å². The summed E-state index contributed by atoms with van der Waals surface area (Å²) in [5, 5.41) is 12.2. The maximum absolute atomic E-state index is 12.8. The Morgan fingerprint density at radius 2 is 1.75 bits per heavy atom. The maximum Gasteiger partial charge on any atom is 0.305 e. The molecule has 6 nitrogen and oxygen atoms in total. The smallest absolute Gasteiger partial charge is 0.305 e. The van der Waals surface area contributed by atoms with Crippen molar-refractivity contribution in [2.45, 2.75) is 38.1 Å². The number of aliphatic carboxylic acids is 1. The van der Waals surface area contributed by atoms with E-state index in [9.17, 15) is 14.7 Å². The third kappa shape index (κ3) is 5.49. The van der Waals surface area contributed by atoms with Gasteiger partial charge in [-0.3, -0.25) is 9.59 Å². The van der Waals surface area contributed by atoms with E-state index in [1.165, 1.54) is 14.2 Å². The van der Waals surface area contributed by atoms with Crippen molar-refractivity contribution in [1.29, 1.82) is 0 Å². The molecule has 0 spiro atoms. The van der Waals surface area contributed by atoms with Crippen LogP contribution in [0.15, 0.2) is 48.5 Å². The zero-order valence-electron chi connectivity index (χ0n) is 16.7. The maximum atomic E-state index is 12.8. The predicted molar refractivity (Wildman–Crippen MR) is 107 cm³/mol. The molecule has 0 radical (unpaired) electrons. The summed E-state index contributed by atoms with van der Waals surface area (Å²) in [5.74, 6) is -0.178. The van der Waals surface area contributed by atoms with Gasteiger partial charge in [0.05, 0.1) is 26.7 Å². The van der Waals surface area contributed by atoms with Crippen LogP contribution in [0.5, 0.6) is 11.5 Å². The van der Waals surface area contributed by atoms with Crippen LogP contribution in [-0.2, 0) is 15.0 Å². The molecule has 0 aromatic heterocycles. The summed E-state index contributed by atoms with van der Waals surface area (Å²) in [7, 11) is 3.03. The number of benzene rings is 2. The summed E-state index contributed by atoms with van der Waals surface area (Å²) in [6.45, 7) is 3.98. The normalized spacial score (nSPS) is 12.1. The van der Waals surface area contributed by atoms with E-state index < -0.39 is 12.0 Å². The Morgan fingerprint density at radius 3 is 2.32 bits per heavy atom. The molecule has 0 saturated heterocycles. The zero-order chi connectivity index (χ0) is 20.7. The second kappa shape index (κ2) is 9.26. The van der Waals surface area contributed by atoms with E-state index >= 15 is 0 Å². The van der Waals surface area contributed by atoms with Gasteiger partial charge in [-0.2, -0.15) is 0 Å². The molecular weight excluding hydrogens is 358 g/mol. The van der Waals surface area contributed by atoms with E-state index in [-0.39, 0.29) is 24.2 Å². The van der Waals surface area contributed by atoms with E-state index in [0.717, 1.165) is 5.56 Å². The number of carboxylic acids is 1. The first kappa shape index (κ1) is 21.3. The predicted octanol–water partition coefficient (Wildman–Crippen LogP) is 3.70. The molecule has 1 unspecified atom stereocenters. The molecule has 2 rings (SSSR count). The number of amides is 1. The third-order valence-corrected chi connectivity index (χ3v) is 4.69. The molecule has 6 heteroatoms. The number of ether oxygens (including phenoxy) is 2. The van der Waals surface area contributed by atoms with Crippen molar-refractivity contribution in [3.05, 3.63) is 59.7 Å². The monoisotopic (exact) mass is 385 g/mol. The largest absolute Gasteiger partial charge is 0.497 e. The van der Waals surface area contributed by atoms with Crippen LogP contribution in [0.25, 0.3) is 0 Å². The quantitative estimate of drug-likeness (QED) is 0.687. The number of nitrogens with one attached hydrogen (secondary N) is 1. The lowest BCUT2D eigenvalue weighted by Gasteiger charge is -2.27. The summed E-state index contributed by atoms with van der Waals surface area (Å²) < 4.78 is 10.6. The molecule has 2 N–H and O–H groups in total. The first-order valence-electron chi connectivity index (χ1n) is 9.05. The molecule has 0 aliphatic heterocycles. The van der Waals surface area contributed by atoms with Crippen LogP contribution < -0.4 is 14.8 Å². The molecule has 0 heterocycles. The van der Waals surface area contributed by atoms with Crippen LogP contribution in [0.4, 0.5) is 0 Å². The lowest BCUT2D eigenvalue weighted by atomic mass is 9.81. The van der Waals surface area contributed by atoms with Crippen molar-refractivity contribution in [3.8, 4) is 11.5 Å². The highest BCUT2D eigenvalue weighted by molar-refractivity contribution is 5.79. The topological polar surface area (TPSA) is 84.9 Å². The van der Waals surface area contributed by atoms with Crippen molar-refractivity contribution in [2.24, 2.45) is 0 Å². The number of hydrogen-bond acceptors (Lipinski definition) is 4. The number of rotatable bonds is 9. The van der Waals surface area contributed by atoms with Gasteiger partial charge in [-0.1, -0.05) is 44.2 Å². The average molecular weight is 385 g/mol. The van der Waals surface area contributed by atoms with Crippen molar-refractivity contribution in [3.63, 3.8) is 0 Å². The second-order valence-corrected chi connectivity index (χ2v) is 7.25. The van der Waals surface area contributed by atoms with Crippen molar-refractivity contribution < 1.29 is 24.2 Å². The highest BCUT2D eigenvalue weighted by Gasteiger charge is 2.27. The molecule has 0 fully saturated rings. The molecule has 2 aromatic rings. The minimum atomic E-state index is -1.01. The molecule has 1 amide bonds. The van der Waals surface area contributed by atoms with Gasteiger partial charge in [0.1, 0.15) is 11.5 Å². The van der Waals surface area contributed by atoms with Gasteiger partial charge in [-0.25, -0.2) is 0 Å². The zero-order valence-corrected chi connectivity index (χ0v) is 16.7. The molecule has 0 saturated carbocycles. The Morgan fingerprint density at radius 1 is 1.07 bits per heavy atom. The van der Waals surface area contributed by atoms with Crippen molar-refractivity contribution in [1.82, 2.24) is 5.32 Å². The summed E-state index contributed by atoms with van der Waals surface area (Å²) >= 11 is 0. The molecule has 1 atom stereocenters. The Bertz CT molecular complexity index is 817. The fraction of sp³-hybridized carbons (Fsp3) is 0.364. The molecular formula is C22H27NO5. The third-order valence-electron chi connectivity index (χ3n) is 4.69. The van der Waals surface area contributed by atoms with E-state index in [1.807, 2.05) is 44.2 Å². The summed E-state index contributed by atoms with van der Waals surface area (Å²) in [6.07, 6.45) is -0.0220. The fourth-order valence-corrected chi connectivity index (χ4v) is 3.16. The molecule has 0 aliphatic rings. The highest BCUT2D eigenvalue weighted by atomic mass is 16.5. The molecule has 0 bridgehead atoms. The average Bonchev–Trinajstić information content (AvgIpc) is 2.66. The summed E-state index contributed by atoms with van der Waals surface area (Å²) in [4.78, 5) is 24.1. The van der Waals surface area contributed by atoms with Crippen LogP contribution in [-0.4, -0.2) is 31.2 Å². The van der Waals surface area contributed by atoms with Crippen LogP contribution in [0.1, 0.15) is 43.9 Å². The number of carboxylic acid groups (broad SMARTS) is 1. The van der Waals surface area contributed by atoms with Gasteiger partial charge < -0.3 is 19.9 Å². The van der Waals surface area contributed by atoms with Crippen LogP contribution in [0.3, 0.4) is 0 Å². The van der Waals surface area contributed by atoms with Gasteiger partial charge in [0.15, 0.2) is 0 Å². The Labute approximate surface area is 165 Å². The standard InChI is InChI=1S/C22H27NO5/c1-22(2,15-8-6-5-7-9-15)14-20(24)23-18(13-21(25)26)17-11-10-16(27-3)12-19(17)28-4/h5-12,18H,13-14H2,1-4H3,(H,23,24)(H,25,26). The molecule has 0 aliphatic carbocycles. The highest BCUT2D eigenvalue weighted by Crippen LogP contribution is 2.32. The first-order chi connectivity index (χ1) is 13.3. The van der Waals surface area contributed by atoms with Crippen LogP contribution >= 0.6 is 0 Å². The van der Waals surface area contributed by atoms with E-state index in [2.05, 4.69) is 5.32 Å². The van der Waals surface area contributed by atoms with Gasteiger partial charge in [0, 0.05) is 18.1 Å². The number of carbonyl (C=O) groups excluding carboxylic acids is 1. The van der Waals surface area contributed by atoms with Crippen molar-refractivity contribution in [2.75, 3.05) is 14.2 Å². The second-order valence-electron chi connectivity index (χ2n) is 7.25. The first-order valence-corrected chi connectivity index (χ1v) is 9.05. The van der Waals surface area contributed by atoms with Gasteiger partial charge >= 0.3 is 5.97 Å². The van der Waals surface area contributed by atoms with Gasteiger partial charge in [0.25, 0.3) is 0 Å². The van der Waals surface area contributed by atoms with E-state index in [1.54, 1.807) is 18.2 Å². The fourth-order valence-electron chi connectivity index (χ4n) is 3.16. The minimum Gasteiger partial charge on any atom is -0.497 e. The van der Waals surface area contributed by atoms with Crippen LogP contribution in [0, 0.1) is 0 Å². The lowest BCUT2D eigenvalue weighted by molar-refractivity contribution is -0.137. The summed E-state index contributed by atoms with van der Waals surface area (Å²) in [5.41, 5.74) is 1.25. The molecule has 2 aromatic carbocycles.